The normalized spacial score (nSPS) is 12.0. The van der Waals surface area contributed by atoms with Crippen LogP contribution in [0.25, 0.3) is 84.8 Å². The van der Waals surface area contributed by atoms with Crippen LogP contribution < -0.4 is 0 Å². The Balaban J connectivity index is 1.43. The van der Waals surface area contributed by atoms with E-state index in [0.717, 1.165) is 0 Å². The lowest BCUT2D eigenvalue weighted by molar-refractivity contribution is 1.70. The first-order valence-electron chi connectivity index (χ1n) is 13.6. The van der Waals surface area contributed by atoms with Crippen LogP contribution in [0, 0.1) is 0 Å². The van der Waals surface area contributed by atoms with Crippen LogP contribution in [0.3, 0.4) is 0 Å². The van der Waals surface area contributed by atoms with Crippen LogP contribution in [0.5, 0.6) is 0 Å². The molecule has 0 aliphatic rings. The molecule has 40 heavy (non-hydrogen) atoms. The van der Waals surface area contributed by atoms with Crippen LogP contribution in [-0.4, -0.2) is 0 Å². The molecule has 0 aliphatic heterocycles. The minimum absolute atomic E-state index is 1.26. The van der Waals surface area contributed by atoms with Gasteiger partial charge in [-0.2, -0.15) is 0 Å². The van der Waals surface area contributed by atoms with Crippen molar-refractivity contribution in [2.45, 2.75) is 0 Å². The molecule has 0 saturated heterocycles. The summed E-state index contributed by atoms with van der Waals surface area (Å²) in [6.45, 7) is 0. The van der Waals surface area contributed by atoms with E-state index in [-0.39, 0.29) is 0 Å². The standard InChI is InChI=1S/C38H22S2/c1-2-10-24-21-25(18-17-23(24)9-1)35-27-12-3-5-14-29(27)36(30-15-6-4-13-28(30)35)32-22-39-34-20-19-31-26-11-7-8-16-33(26)40-38(31)37(32)34/h1-22H. The van der Waals surface area contributed by atoms with Crippen LogP contribution >= 0.6 is 22.7 Å². The fourth-order valence-corrected chi connectivity index (χ4v) is 8.85. The average molecular weight is 543 g/mol. The van der Waals surface area contributed by atoms with Crippen LogP contribution in [0.1, 0.15) is 0 Å². The van der Waals surface area contributed by atoms with E-state index in [9.17, 15) is 0 Å². The van der Waals surface area contributed by atoms with E-state index in [1.807, 2.05) is 22.7 Å². The summed E-state index contributed by atoms with van der Waals surface area (Å²) < 4.78 is 4.09. The molecule has 9 rings (SSSR count). The number of hydrogen-bond acceptors (Lipinski definition) is 2. The third kappa shape index (κ3) is 3.12. The summed E-state index contributed by atoms with van der Waals surface area (Å²) in [7, 11) is 0. The average Bonchev–Trinajstić information content (AvgIpc) is 3.61. The second-order valence-electron chi connectivity index (χ2n) is 10.5. The number of fused-ring (bicyclic) bond motifs is 8. The first kappa shape index (κ1) is 22.3. The molecule has 186 valence electrons. The topological polar surface area (TPSA) is 0 Å². The molecule has 2 heteroatoms. The van der Waals surface area contributed by atoms with Crippen molar-refractivity contribution in [3.63, 3.8) is 0 Å². The Morgan fingerprint density at radius 1 is 0.425 bits per heavy atom. The third-order valence-corrected chi connectivity index (χ3v) is 10.5. The van der Waals surface area contributed by atoms with Crippen molar-refractivity contribution in [3.05, 3.63) is 133 Å². The van der Waals surface area contributed by atoms with E-state index >= 15 is 0 Å². The molecule has 0 unspecified atom stereocenters. The lowest BCUT2D eigenvalue weighted by atomic mass is 9.85. The van der Waals surface area contributed by atoms with E-state index in [4.69, 9.17) is 0 Å². The summed E-state index contributed by atoms with van der Waals surface area (Å²) >= 11 is 3.78. The van der Waals surface area contributed by atoms with Gasteiger partial charge in [-0.05, 0) is 72.6 Å². The molecule has 0 N–H and O–H groups in total. The lowest BCUT2D eigenvalue weighted by Gasteiger charge is -2.18. The fourth-order valence-electron chi connectivity index (χ4n) is 6.56. The Morgan fingerprint density at radius 3 is 1.80 bits per heavy atom. The summed E-state index contributed by atoms with van der Waals surface area (Å²) in [5, 5.41) is 14.2. The summed E-state index contributed by atoms with van der Waals surface area (Å²) in [6.07, 6.45) is 0. The summed E-state index contributed by atoms with van der Waals surface area (Å²) in [5.41, 5.74) is 5.26. The quantitative estimate of drug-likeness (QED) is 0.191. The molecular weight excluding hydrogens is 521 g/mol. The Labute approximate surface area is 239 Å². The van der Waals surface area contributed by atoms with Crippen molar-refractivity contribution in [3.8, 4) is 22.3 Å². The van der Waals surface area contributed by atoms with Gasteiger partial charge in [0.25, 0.3) is 0 Å². The number of benzene rings is 7. The summed E-state index contributed by atoms with van der Waals surface area (Å²) in [6, 6.07) is 47.0. The zero-order valence-corrected chi connectivity index (χ0v) is 23.2. The number of rotatable bonds is 2. The van der Waals surface area contributed by atoms with Crippen LogP contribution in [0.4, 0.5) is 0 Å². The highest BCUT2D eigenvalue weighted by molar-refractivity contribution is 7.27. The Bertz CT molecular complexity index is 2380. The molecule has 2 heterocycles. The van der Waals surface area contributed by atoms with Crippen LogP contribution in [-0.2, 0) is 0 Å². The molecule has 0 bridgehead atoms. The van der Waals surface area contributed by atoms with E-state index in [1.165, 1.54) is 84.8 Å². The monoisotopic (exact) mass is 542 g/mol. The predicted octanol–water partition coefficient (Wildman–Crippen LogP) is 12.1. The van der Waals surface area contributed by atoms with Crippen LogP contribution in [0.15, 0.2) is 133 Å². The largest absolute Gasteiger partial charge is 0.143 e. The maximum atomic E-state index is 2.39. The van der Waals surface area contributed by atoms with Crippen molar-refractivity contribution >= 4 is 85.2 Å². The van der Waals surface area contributed by atoms with Crippen molar-refractivity contribution in [1.29, 1.82) is 0 Å². The first-order valence-corrected chi connectivity index (χ1v) is 15.3. The summed E-state index contributed by atoms with van der Waals surface area (Å²) in [5.74, 6) is 0. The molecule has 0 amide bonds. The van der Waals surface area contributed by atoms with Crippen molar-refractivity contribution < 1.29 is 0 Å². The van der Waals surface area contributed by atoms with Gasteiger partial charge in [0.2, 0.25) is 0 Å². The minimum Gasteiger partial charge on any atom is -0.143 e. The minimum atomic E-state index is 1.26. The molecule has 2 aromatic heterocycles. The molecule has 7 aromatic carbocycles. The maximum absolute atomic E-state index is 2.39. The Morgan fingerprint density at radius 2 is 1.05 bits per heavy atom. The molecule has 0 radical (unpaired) electrons. The van der Waals surface area contributed by atoms with E-state index in [0.29, 0.717) is 0 Å². The van der Waals surface area contributed by atoms with Gasteiger partial charge < -0.3 is 0 Å². The second-order valence-corrected chi connectivity index (χ2v) is 12.4. The molecule has 0 nitrogen and oxygen atoms in total. The summed E-state index contributed by atoms with van der Waals surface area (Å²) in [4.78, 5) is 0. The predicted molar refractivity (Wildman–Crippen MR) is 178 cm³/mol. The second kappa shape index (κ2) is 8.50. The highest BCUT2D eigenvalue weighted by atomic mass is 32.1. The zero-order chi connectivity index (χ0) is 26.2. The number of hydrogen-bond donors (Lipinski definition) is 0. The van der Waals surface area contributed by atoms with Gasteiger partial charge >= 0.3 is 0 Å². The molecule has 0 saturated carbocycles. The van der Waals surface area contributed by atoms with Crippen molar-refractivity contribution in [2.24, 2.45) is 0 Å². The van der Waals surface area contributed by atoms with Crippen molar-refractivity contribution in [2.75, 3.05) is 0 Å². The third-order valence-electron chi connectivity index (χ3n) is 8.32. The van der Waals surface area contributed by atoms with E-state index < -0.39 is 0 Å². The number of thiophene rings is 2. The first-order chi connectivity index (χ1) is 19.8. The highest BCUT2D eigenvalue weighted by Crippen LogP contribution is 2.49. The molecule has 0 aliphatic carbocycles. The van der Waals surface area contributed by atoms with E-state index in [2.05, 4.69) is 133 Å². The molecule has 0 fully saturated rings. The maximum Gasteiger partial charge on any atom is 0.0448 e. The molecule has 0 atom stereocenters. The van der Waals surface area contributed by atoms with Gasteiger partial charge in [0, 0.05) is 35.8 Å². The van der Waals surface area contributed by atoms with Gasteiger partial charge in [0.05, 0.1) is 0 Å². The Hall–Kier alpha value is -4.50. The molecule has 9 aromatic rings. The van der Waals surface area contributed by atoms with Crippen molar-refractivity contribution in [1.82, 2.24) is 0 Å². The smallest absolute Gasteiger partial charge is 0.0448 e. The van der Waals surface area contributed by atoms with Gasteiger partial charge in [0.1, 0.15) is 0 Å². The zero-order valence-electron chi connectivity index (χ0n) is 21.5. The van der Waals surface area contributed by atoms with Gasteiger partial charge in [-0.1, -0.05) is 109 Å². The van der Waals surface area contributed by atoms with Gasteiger partial charge in [-0.15, -0.1) is 22.7 Å². The molecular formula is C38H22S2. The lowest BCUT2D eigenvalue weighted by Crippen LogP contribution is -1.90. The van der Waals surface area contributed by atoms with E-state index in [1.54, 1.807) is 0 Å². The highest BCUT2D eigenvalue weighted by Gasteiger charge is 2.20. The molecule has 0 spiro atoms. The van der Waals surface area contributed by atoms with Gasteiger partial charge in [0.15, 0.2) is 0 Å². The Kier molecular flexibility index (Phi) is 4.74. The van der Waals surface area contributed by atoms with Crippen LogP contribution in [0.2, 0.25) is 0 Å². The SMILES string of the molecule is c1ccc2cc(-c3c4ccccc4c(-c4csc5ccc6c7ccccc7sc6c45)c4ccccc34)ccc2c1. The van der Waals surface area contributed by atoms with Gasteiger partial charge in [-0.3, -0.25) is 0 Å². The van der Waals surface area contributed by atoms with Gasteiger partial charge in [-0.25, -0.2) is 0 Å². The fraction of sp³-hybridized carbons (Fsp3) is 0.